The molecule has 0 aliphatic heterocycles. The summed E-state index contributed by atoms with van der Waals surface area (Å²) in [5.74, 6) is -0.993. The van der Waals surface area contributed by atoms with Crippen molar-refractivity contribution in [1.82, 2.24) is 9.97 Å². The number of aliphatic hydroxyl groups is 1. The van der Waals surface area contributed by atoms with E-state index in [-0.39, 0.29) is 26.9 Å². The Morgan fingerprint density at radius 2 is 1.41 bits per heavy atom. The molecular formula is C33H22N6O8S4. The average molecular weight is 759 g/mol. The maximum Gasteiger partial charge on any atom is 0.296 e. The Morgan fingerprint density at radius 3 is 2.12 bits per heavy atom. The zero-order valence-electron chi connectivity index (χ0n) is 25.9. The number of hydrogen-bond donors (Lipinski definition) is 4. The molecule has 6 aromatic rings. The maximum atomic E-state index is 12.5. The van der Waals surface area contributed by atoms with Crippen LogP contribution in [0.15, 0.2) is 128 Å². The summed E-state index contributed by atoms with van der Waals surface area (Å²) in [5.41, 5.74) is 6.81. The number of benzene rings is 4. The van der Waals surface area contributed by atoms with Gasteiger partial charge in [-0.05, 0) is 85.3 Å². The van der Waals surface area contributed by atoms with Crippen molar-refractivity contribution in [1.29, 1.82) is 0 Å². The molecule has 0 atom stereocenters. The summed E-state index contributed by atoms with van der Waals surface area (Å²) in [6, 6.07) is 21.1. The van der Waals surface area contributed by atoms with Crippen molar-refractivity contribution in [3.8, 4) is 21.1 Å². The van der Waals surface area contributed by atoms with Crippen LogP contribution in [-0.4, -0.2) is 52.5 Å². The van der Waals surface area contributed by atoms with Gasteiger partial charge in [0.2, 0.25) is 5.78 Å². The Balaban J connectivity index is 1.08. The largest absolute Gasteiger partial charge is 0.505 e. The predicted molar refractivity (Wildman–Crippen MR) is 194 cm³/mol. The highest BCUT2D eigenvalue weighted by atomic mass is 32.2. The minimum Gasteiger partial charge on any atom is -0.505 e. The first-order valence-electron chi connectivity index (χ1n) is 14.6. The summed E-state index contributed by atoms with van der Waals surface area (Å²) in [6.07, 6.45) is 2.19. The molecule has 14 nitrogen and oxygen atoms in total. The van der Waals surface area contributed by atoms with Crippen molar-refractivity contribution < 1.29 is 35.8 Å². The lowest BCUT2D eigenvalue weighted by molar-refractivity contribution is -0.109. The number of thiazole rings is 2. The van der Waals surface area contributed by atoms with Gasteiger partial charge in [0.05, 0.1) is 36.7 Å². The van der Waals surface area contributed by atoms with E-state index < -0.39 is 31.8 Å². The highest BCUT2D eigenvalue weighted by Crippen LogP contribution is 2.38. The molecule has 256 valence electrons. The topological polar surface area (TPSA) is 221 Å². The summed E-state index contributed by atoms with van der Waals surface area (Å²) < 4.78 is 66.7. The molecule has 51 heavy (non-hydrogen) atoms. The van der Waals surface area contributed by atoms with Gasteiger partial charge in [-0.15, -0.1) is 27.8 Å². The van der Waals surface area contributed by atoms with Gasteiger partial charge < -0.3 is 5.11 Å². The van der Waals surface area contributed by atoms with Gasteiger partial charge >= 0.3 is 0 Å². The molecule has 0 amide bonds. The third-order valence-electron chi connectivity index (χ3n) is 7.50. The SMILES string of the molecule is Cc1ccc2nc(-c3ccc4nc(-c5ccc(NN=C6C=C(N=Nc7ccc(S(=O)(=O)O)cc7)C(O)=CC6=O)cc5)sc4c3)sc2c1S(=O)(=O)O. The number of aryl methyl sites for hydroxylation is 1. The van der Waals surface area contributed by atoms with Crippen LogP contribution in [0.3, 0.4) is 0 Å². The van der Waals surface area contributed by atoms with Crippen LogP contribution in [0.2, 0.25) is 0 Å². The molecule has 0 saturated carbocycles. The monoisotopic (exact) mass is 758 g/mol. The zero-order chi connectivity index (χ0) is 36.1. The molecular weight excluding hydrogens is 737 g/mol. The average Bonchev–Trinajstić information content (AvgIpc) is 3.71. The van der Waals surface area contributed by atoms with E-state index in [1.807, 2.05) is 30.3 Å². The number of ketones is 1. The van der Waals surface area contributed by atoms with Crippen LogP contribution in [0.1, 0.15) is 5.56 Å². The Kier molecular flexibility index (Phi) is 8.66. The smallest absolute Gasteiger partial charge is 0.296 e. The summed E-state index contributed by atoms with van der Waals surface area (Å²) in [6.45, 7) is 1.62. The van der Waals surface area contributed by atoms with E-state index in [2.05, 4.69) is 25.7 Å². The van der Waals surface area contributed by atoms with E-state index in [1.54, 1.807) is 31.2 Å². The van der Waals surface area contributed by atoms with Crippen LogP contribution in [0, 0.1) is 6.92 Å². The standard InChI is InChI=1S/C33H22N6O8S4/c1-17-2-12-24-30(31(17)51(45,46)47)49-33(35-24)19-5-13-23-29(14-19)48-32(34-23)18-3-6-20(7-4-18)36-38-25-15-26(28(41)16-27(25)40)39-37-21-8-10-22(11-9-21)50(42,43)44/h2-16,36,41H,1H3,(H,42,43,44)(H,45,46,47). The molecule has 0 bridgehead atoms. The Morgan fingerprint density at radius 1 is 0.745 bits per heavy atom. The van der Waals surface area contributed by atoms with Gasteiger partial charge in [0.1, 0.15) is 32.1 Å². The summed E-state index contributed by atoms with van der Waals surface area (Å²) >= 11 is 2.66. The number of nitrogens with one attached hydrogen (secondary N) is 1. The third kappa shape index (κ3) is 7.09. The van der Waals surface area contributed by atoms with Crippen molar-refractivity contribution in [2.75, 3.05) is 5.43 Å². The molecule has 0 saturated heterocycles. The Bertz CT molecular complexity index is 2750. The fraction of sp³-hybridized carbons (Fsp3) is 0.0303. The lowest BCUT2D eigenvalue weighted by Crippen LogP contribution is -2.16. The maximum absolute atomic E-state index is 12.5. The minimum atomic E-state index is -4.43. The second-order valence-electron chi connectivity index (χ2n) is 11.0. The molecule has 1 aliphatic rings. The Hall–Kier alpha value is -5.50. The zero-order valence-corrected chi connectivity index (χ0v) is 29.2. The van der Waals surface area contributed by atoms with E-state index in [0.717, 1.165) is 44.6 Å². The first-order valence-corrected chi connectivity index (χ1v) is 19.1. The number of hydrogen-bond acceptors (Lipinski definition) is 14. The van der Waals surface area contributed by atoms with Gasteiger partial charge in [0, 0.05) is 23.3 Å². The second-order valence-corrected chi connectivity index (χ2v) is 15.8. The van der Waals surface area contributed by atoms with Crippen LogP contribution in [0.25, 0.3) is 41.6 Å². The number of carbonyl (C=O) groups is 1. The lowest BCUT2D eigenvalue weighted by Gasteiger charge is -2.08. The first kappa shape index (κ1) is 34.0. The number of allylic oxidation sites excluding steroid dienone is 2. The fourth-order valence-corrected chi connectivity index (χ4v) is 8.81. The van der Waals surface area contributed by atoms with Crippen molar-refractivity contribution in [2.24, 2.45) is 15.3 Å². The van der Waals surface area contributed by atoms with E-state index in [4.69, 9.17) is 9.54 Å². The van der Waals surface area contributed by atoms with Crippen LogP contribution >= 0.6 is 22.7 Å². The van der Waals surface area contributed by atoms with Crippen LogP contribution in [0.5, 0.6) is 0 Å². The molecule has 0 fully saturated rings. The quantitative estimate of drug-likeness (QED) is 0.0515. The molecule has 4 N–H and O–H groups in total. The van der Waals surface area contributed by atoms with Crippen LogP contribution in [-0.2, 0) is 25.0 Å². The summed E-state index contributed by atoms with van der Waals surface area (Å²) in [7, 11) is -8.79. The molecule has 18 heteroatoms. The number of hydrazone groups is 1. The van der Waals surface area contributed by atoms with Crippen LogP contribution < -0.4 is 5.43 Å². The first-order chi connectivity index (χ1) is 24.2. The van der Waals surface area contributed by atoms with Gasteiger partial charge in [-0.3, -0.25) is 19.3 Å². The number of anilines is 1. The number of nitrogens with zero attached hydrogens (tertiary/aromatic N) is 5. The number of aromatic nitrogens is 2. The second kappa shape index (κ2) is 13.0. The third-order valence-corrected chi connectivity index (χ3v) is 11.7. The molecule has 7 rings (SSSR count). The van der Waals surface area contributed by atoms with E-state index in [1.165, 1.54) is 40.9 Å². The fourth-order valence-electron chi connectivity index (χ4n) is 5.01. The number of azo groups is 1. The predicted octanol–water partition coefficient (Wildman–Crippen LogP) is 7.50. The molecule has 4 aromatic carbocycles. The van der Waals surface area contributed by atoms with Gasteiger partial charge in [-0.2, -0.15) is 27.1 Å². The Labute approximate surface area is 297 Å². The number of fused-ring (bicyclic) bond motifs is 2. The minimum absolute atomic E-state index is 0.0491. The summed E-state index contributed by atoms with van der Waals surface area (Å²) in [4.78, 5) is 21.4. The molecule has 1 aliphatic carbocycles. The number of aliphatic hydroxyl groups excluding tert-OH is 1. The van der Waals surface area contributed by atoms with Crippen molar-refractivity contribution in [2.45, 2.75) is 16.7 Å². The van der Waals surface area contributed by atoms with Gasteiger partial charge in [0.15, 0.2) is 0 Å². The molecule has 2 aromatic heterocycles. The van der Waals surface area contributed by atoms with E-state index in [9.17, 15) is 31.3 Å². The van der Waals surface area contributed by atoms with E-state index >= 15 is 0 Å². The summed E-state index contributed by atoms with van der Waals surface area (Å²) in [5, 5.41) is 23.6. The van der Waals surface area contributed by atoms with Gasteiger partial charge in [-0.25, -0.2) is 9.97 Å². The van der Waals surface area contributed by atoms with Gasteiger partial charge in [-0.1, -0.05) is 6.07 Å². The van der Waals surface area contributed by atoms with E-state index in [0.29, 0.717) is 26.5 Å². The molecule has 0 unspecified atom stereocenters. The number of rotatable bonds is 8. The van der Waals surface area contributed by atoms with Crippen molar-refractivity contribution in [3.05, 3.63) is 108 Å². The molecule has 2 heterocycles. The number of carbonyl (C=O) groups excluding carboxylic acids is 1. The van der Waals surface area contributed by atoms with Crippen molar-refractivity contribution in [3.63, 3.8) is 0 Å². The van der Waals surface area contributed by atoms with Crippen molar-refractivity contribution >= 4 is 86.2 Å². The highest BCUT2D eigenvalue weighted by molar-refractivity contribution is 7.86. The molecule has 0 radical (unpaired) electrons. The highest BCUT2D eigenvalue weighted by Gasteiger charge is 2.22. The molecule has 0 spiro atoms. The van der Waals surface area contributed by atoms with Gasteiger partial charge in [0.25, 0.3) is 20.2 Å². The van der Waals surface area contributed by atoms with Crippen LogP contribution in [0.4, 0.5) is 11.4 Å². The normalized spacial score (nSPS) is 14.8. The lowest BCUT2D eigenvalue weighted by atomic mass is 10.1.